The number of carbonyl (C=O) groups is 2. The smallest absolute Gasteiger partial charge is 0.338 e. The Labute approximate surface area is 140 Å². The third-order valence-electron chi connectivity index (χ3n) is 3.25. The van der Waals surface area contributed by atoms with Gasteiger partial charge in [0.25, 0.3) is 5.91 Å². The van der Waals surface area contributed by atoms with Crippen molar-refractivity contribution in [2.75, 3.05) is 11.9 Å². The standard InChI is InChI=1S/C18H18ClNO3/c1-12(2)15-8-3-4-9-16(15)20-17(21)11-23-18(22)13-6-5-7-14(19)10-13/h3-10,12H,11H2,1-2H3,(H,20,21). The number of carbonyl (C=O) groups excluding carboxylic acids is 2. The number of esters is 1. The molecule has 0 aliphatic heterocycles. The molecular weight excluding hydrogens is 314 g/mol. The minimum atomic E-state index is -0.584. The number of anilines is 1. The molecule has 0 spiro atoms. The predicted molar refractivity (Wildman–Crippen MR) is 90.9 cm³/mol. The van der Waals surface area contributed by atoms with Crippen LogP contribution in [0.5, 0.6) is 0 Å². The van der Waals surface area contributed by atoms with Gasteiger partial charge in [0.05, 0.1) is 5.56 Å². The summed E-state index contributed by atoms with van der Waals surface area (Å²) >= 11 is 5.82. The maximum absolute atomic E-state index is 12.0. The maximum atomic E-state index is 12.0. The molecule has 0 saturated heterocycles. The van der Waals surface area contributed by atoms with Crippen LogP contribution in [-0.4, -0.2) is 18.5 Å². The summed E-state index contributed by atoms with van der Waals surface area (Å²) in [6.45, 7) is 3.74. The van der Waals surface area contributed by atoms with E-state index < -0.39 is 5.97 Å². The minimum absolute atomic E-state index is 0.278. The summed E-state index contributed by atoms with van der Waals surface area (Å²) in [5.74, 6) is -0.686. The van der Waals surface area contributed by atoms with E-state index in [4.69, 9.17) is 16.3 Å². The lowest BCUT2D eigenvalue weighted by Crippen LogP contribution is -2.21. The summed E-state index contributed by atoms with van der Waals surface area (Å²) in [6.07, 6.45) is 0. The van der Waals surface area contributed by atoms with Crippen molar-refractivity contribution in [3.63, 3.8) is 0 Å². The van der Waals surface area contributed by atoms with Crippen molar-refractivity contribution in [2.45, 2.75) is 19.8 Å². The molecule has 23 heavy (non-hydrogen) atoms. The van der Waals surface area contributed by atoms with Crippen molar-refractivity contribution in [1.29, 1.82) is 0 Å². The first-order valence-electron chi connectivity index (χ1n) is 7.29. The molecule has 2 rings (SSSR count). The number of nitrogens with one attached hydrogen (secondary N) is 1. The van der Waals surface area contributed by atoms with Crippen LogP contribution in [0.3, 0.4) is 0 Å². The molecule has 2 aromatic rings. The van der Waals surface area contributed by atoms with E-state index in [-0.39, 0.29) is 18.4 Å². The lowest BCUT2D eigenvalue weighted by molar-refractivity contribution is -0.119. The molecule has 0 unspecified atom stereocenters. The molecule has 0 heterocycles. The van der Waals surface area contributed by atoms with Crippen LogP contribution in [0.25, 0.3) is 0 Å². The topological polar surface area (TPSA) is 55.4 Å². The van der Waals surface area contributed by atoms with E-state index >= 15 is 0 Å². The van der Waals surface area contributed by atoms with Gasteiger partial charge in [-0.25, -0.2) is 4.79 Å². The van der Waals surface area contributed by atoms with Gasteiger partial charge in [0.15, 0.2) is 6.61 Å². The monoisotopic (exact) mass is 331 g/mol. The Balaban J connectivity index is 1.94. The molecule has 0 aliphatic carbocycles. The van der Waals surface area contributed by atoms with E-state index in [0.717, 1.165) is 11.3 Å². The molecule has 1 amide bonds. The Kier molecular flexibility index (Phi) is 5.77. The quantitative estimate of drug-likeness (QED) is 0.833. The summed E-state index contributed by atoms with van der Waals surface area (Å²) in [7, 11) is 0. The van der Waals surface area contributed by atoms with Gasteiger partial charge in [-0.15, -0.1) is 0 Å². The van der Waals surface area contributed by atoms with E-state index in [0.29, 0.717) is 10.6 Å². The van der Waals surface area contributed by atoms with Crippen molar-refractivity contribution in [2.24, 2.45) is 0 Å². The zero-order chi connectivity index (χ0) is 16.8. The molecule has 2 aromatic carbocycles. The number of rotatable bonds is 5. The van der Waals surface area contributed by atoms with E-state index in [1.165, 1.54) is 6.07 Å². The largest absolute Gasteiger partial charge is 0.452 e. The van der Waals surface area contributed by atoms with Crippen LogP contribution in [0, 0.1) is 0 Å². The Morgan fingerprint density at radius 3 is 2.57 bits per heavy atom. The molecule has 0 bridgehead atoms. The van der Waals surface area contributed by atoms with Crippen molar-refractivity contribution >= 4 is 29.2 Å². The Hall–Kier alpha value is -2.33. The predicted octanol–water partition coefficient (Wildman–Crippen LogP) is 4.26. The summed E-state index contributed by atoms with van der Waals surface area (Å²) in [4.78, 5) is 23.8. The number of hydrogen-bond acceptors (Lipinski definition) is 3. The molecule has 0 radical (unpaired) electrons. The third kappa shape index (κ3) is 4.83. The molecule has 120 valence electrons. The Morgan fingerprint density at radius 2 is 1.87 bits per heavy atom. The average molecular weight is 332 g/mol. The van der Waals surface area contributed by atoms with E-state index in [1.54, 1.807) is 18.2 Å². The van der Waals surface area contributed by atoms with E-state index in [1.807, 2.05) is 38.1 Å². The van der Waals surface area contributed by atoms with Gasteiger partial charge in [-0.1, -0.05) is 49.7 Å². The normalized spacial score (nSPS) is 10.4. The minimum Gasteiger partial charge on any atom is -0.452 e. The van der Waals surface area contributed by atoms with Crippen LogP contribution in [0.2, 0.25) is 5.02 Å². The summed E-state index contributed by atoms with van der Waals surface area (Å²) in [5.41, 5.74) is 2.07. The lowest BCUT2D eigenvalue weighted by Gasteiger charge is -2.13. The fourth-order valence-corrected chi connectivity index (χ4v) is 2.32. The molecule has 0 fully saturated rings. The number of benzene rings is 2. The zero-order valence-electron chi connectivity index (χ0n) is 13.0. The van der Waals surface area contributed by atoms with Crippen molar-refractivity contribution < 1.29 is 14.3 Å². The maximum Gasteiger partial charge on any atom is 0.338 e. The summed E-state index contributed by atoms with van der Waals surface area (Å²) in [6, 6.07) is 13.9. The van der Waals surface area contributed by atoms with Gasteiger partial charge in [0.1, 0.15) is 0 Å². The van der Waals surface area contributed by atoms with Crippen LogP contribution in [-0.2, 0) is 9.53 Å². The van der Waals surface area contributed by atoms with Gasteiger partial charge in [-0.05, 0) is 35.7 Å². The first-order chi connectivity index (χ1) is 11.0. The van der Waals surface area contributed by atoms with Crippen molar-refractivity contribution in [3.05, 3.63) is 64.7 Å². The van der Waals surface area contributed by atoms with Crippen LogP contribution in [0.15, 0.2) is 48.5 Å². The Bertz CT molecular complexity index is 713. The SMILES string of the molecule is CC(C)c1ccccc1NC(=O)COC(=O)c1cccc(Cl)c1. The number of para-hydroxylation sites is 1. The van der Waals surface area contributed by atoms with Gasteiger partial charge < -0.3 is 10.1 Å². The van der Waals surface area contributed by atoms with Crippen molar-refractivity contribution in [3.8, 4) is 0 Å². The average Bonchev–Trinajstić information content (AvgIpc) is 2.53. The van der Waals surface area contributed by atoms with Gasteiger partial charge in [0, 0.05) is 10.7 Å². The molecule has 4 nitrogen and oxygen atoms in total. The summed E-state index contributed by atoms with van der Waals surface area (Å²) in [5, 5.41) is 3.21. The number of ether oxygens (including phenoxy) is 1. The van der Waals surface area contributed by atoms with Gasteiger partial charge in [-0.3, -0.25) is 4.79 Å². The lowest BCUT2D eigenvalue weighted by atomic mass is 10.0. The second-order valence-electron chi connectivity index (χ2n) is 5.38. The molecule has 0 aliphatic rings. The number of amides is 1. The molecule has 5 heteroatoms. The van der Waals surface area contributed by atoms with Gasteiger partial charge in [-0.2, -0.15) is 0 Å². The highest BCUT2D eigenvalue weighted by molar-refractivity contribution is 6.30. The van der Waals surface area contributed by atoms with Crippen molar-refractivity contribution in [1.82, 2.24) is 0 Å². The third-order valence-corrected chi connectivity index (χ3v) is 3.49. The molecule has 0 atom stereocenters. The number of halogens is 1. The second kappa shape index (κ2) is 7.79. The fraction of sp³-hybridized carbons (Fsp3) is 0.222. The van der Waals surface area contributed by atoms with E-state index in [9.17, 15) is 9.59 Å². The second-order valence-corrected chi connectivity index (χ2v) is 5.81. The summed E-state index contributed by atoms with van der Waals surface area (Å²) < 4.78 is 5.01. The molecule has 0 saturated carbocycles. The first-order valence-corrected chi connectivity index (χ1v) is 7.66. The first kappa shape index (κ1) is 17.0. The van der Waals surface area contributed by atoms with Crippen LogP contribution in [0.1, 0.15) is 35.7 Å². The molecular formula is C18H18ClNO3. The van der Waals surface area contributed by atoms with Crippen LogP contribution in [0.4, 0.5) is 5.69 Å². The Morgan fingerprint density at radius 1 is 1.13 bits per heavy atom. The van der Waals surface area contributed by atoms with Gasteiger partial charge in [0.2, 0.25) is 0 Å². The van der Waals surface area contributed by atoms with Crippen LogP contribution < -0.4 is 5.32 Å². The highest BCUT2D eigenvalue weighted by Gasteiger charge is 2.12. The fourth-order valence-electron chi connectivity index (χ4n) is 2.13. The number of hydrogen-bond donors (Lipinski definition) is 1. The molecule has 1 N–H and O–H groups in total. The van der Waals surface area contributed by atoms with Crippen LogP contribution >= 0.6 is 11.6 Å². The molecule has 0 aromatic heterocycles. The highest BCUT2D eigenvalue weighted by atomic mass is 35.5. The zero-order valence-corrected chi connectivity index (χ0v) is 13.8. The highest BCUT2D eigenvalue weighted by Crippen LogP contribution is 2.23. The van der Waals surface area contributed by atoms with E-state index in [2.05, 4.69) is 5.32 Å². The van der Waals surface area contributed by atoms with Gasteiger partial charge >= 0.3 is 5.97 Å².